The third kappa shape index (κ3) is 4.27. The average Bonchev–Trinajstić information content (AvgIpc) is 3.98. The van der Waals surface area contributed by atoms with Crippen molar-refractivity contribution < 1.29 is 4.42 Å². The number of fused-ring (bicyclic) bond motifs is 10. The van der Waals surface area contributed by atoms with Gasteiger partial charge in [-0.25, -0.2) is 4.98 Å². The van der Waals surface area contributed by atoms with E-state index in [4.69, 9.17) is 9.40 Å². The average molecular weight is 718 g/mol. The largest absolute Gasteiger partial charge is 0.454 e. The zero-order chi connectivity index (χ0) is 37.1. The molecule has 4 heteroatoms. The van der Waals surface area contributed by atoms with Gasteiger partial charge in [0.05, 0.1) is 27.8 Å². The fraction of sp³-hybridized carbons (Fsp3) is 0.0577. The van der Waals surface area contributed by atoms with Crippen LogP contribution in [0.1, 0.15) is 25.0 Å². The molecule has 0 amide bonds. The Hall–Kier alpha value is -7.17. The van der Waals surface area contributed by atoms with Crippen LogP contribution in [0.25, 0.3) is 99.8 Å². The van der Waals surface area contributed by atoms with E-state index in [0.29, 0.717) is 0 Å². The van der Waals surface area contributed by atoms with Gasteiger partial charge in [0.2, 0.25) is 0 Å². The molecule has 1 aliphatic carbocycles. The summed E-state index contributed by atoms with van der Waals surface area (Å²) < 4.78 is 11.6. The molecule has 0 radical (unpaired) electrons. The molecule has 12 rings (SSSR count). The van der Waals surface area contributed by atoms with E-state index in [1.165, 1.54) is 44.1 Å². The molecule has 0 saturated heterocycles. The van der Waals surface area contributed by atoms with Crippen molar-refractivity contribution in [2.75, 3.05) is 0 Å². The zero-order valence-electron chi connectivity index (χ0n) is 31.0. The third-order valence-corrected chi connectivity index (χ3v) is 12.1. The molecule has 264 valence electrons. The fourth-order valence-electron chi connectivity index (χ4n) is 9.53. The first-order chi connectivity index (χ1) is 27.5. The van der Waals surface area contributed by atoms with Crippen LogP contribution in [-0.2, 0) is 5.41 Å². The van der Waals surface area contributed by atoms with E-state index in [-0.39, 0.29) is 5.41 Å². The normalized spacial score (nSPS) is 13.3. The van der Waals surface area contributed by atoms with Crippen LogP contribution in [0.4, 0.5) is 0 Å². The van der Waals surface area contributed by atoms with Crippen molar-refractivity contribution in [2.24, 2.45) is 0 Å². The van der Waals surface area contributed by atoms with Gasteiger partial charge in [0, 0.05) is 38.2 Å². The Morgan fingerprint density at radius 2 is 1.20 bits per heavy atom. The highest BCUT2D eigenvalue weighted by molar-refractivity contribution is 6.16. The Bertz CT molecular complexity index is 3380. The molecule has 0 saturated carbocycles. The summed E-state index contributed by atoms with van der Waals surface area (Å²) >= 11 is 0. The predicted molar refractivity (Wildman–Crippen MR) is 231 cm³/mol. The minimum absolute atomic E-state index is 0.0760. The maximum Gasteiger partial charge on any atom is 0.159 e. The van der Waals surface area contributed by atoms with E-state index in [1.807, 2.05) is 12.1 Å². The zero-order valence-corrected chi connectivity index (χ0v) is 31.0. The summed E-state index contributed by atoms with van der Waals surface area (Å²) in [6, 6.07) is 63.1. The number of furan rings is 1. The van der Waals surface area contributed by atoms with Crippen molar-refractivity contribution in [1.82, 2.24) is 14.1 Å². The number of hydrogen-bond acceptors (Lipinski definition) is 2. The minimum atomic E-state index is -0.0760. The molecule has 11 aromatic rings. The first kappa shape index (κ1) is 31.2. The van der Waals surface area contributed by atoms with Gasteiger partial charge in [-0.05, 0) is 88.0 Å². The highest BCUT2D eigenvalue weighted by Gasteiger charge is 2.36. The Morgan fingerprint density at radius 3 is 2.07 bits per heavy atom. The second kappa shape index (κ2) is 11.4. The summed E-state index contributed by atoms with van der Waals surface area (Å²) in [5, 5.41) is 4.72. The lowest BCUT2D eigenvalue weighted by molar-refractivity contribution is 0.661. The molecular weight excluding hydrogens is 683 g/mol. The summed E-state index contributed by atoms with van der Waals surface area (Å²) in [7, 11) is 0. The predicted octanol–water partition coefficient (Wildman–Crippen LogP) is 13.7. The third-order valence-electron chi connectivity index (χ3n) is 12.1. The molecular formula is C52H35N3O. The van der Waals surface area contributed by atoms with Gasteiger partial charge in [-0.15, -0.1) is 0 Å². The van der Waals surface area contributed by atoms with E-state index in [2.05, 4.69) is 187 Å². The van der Waals surface area contributed by atoms with Gasteiger partial charge in [-0.2, -0.15) is 0 Å². The summed E-state index contributed by atoms with van der Waals surface area (Å²) in [4.78, 5) is 5.06. The second-order valence-electron chi connectivity index (χ2n) is 15.5. The number of nitrogens with zero attached hydrogens (tertiary/aromatic N) is 3. The van der Waals surface area contributed by atoms with E-state index in [9.17, 15) is 0 Å². The second-order valence-corrected chi connectivity index (χ2v) is 15.5. The van der Waals surface area contributed by atoms with Crippen LogP contribution in [0.2, 0.25) is 0 Å². The molecule has 0 aliphatic heterocycles. The molecule has 4 nitrogen and oxygen atoms in total. The molecule has 0 atom stereocenters. The maximum absolute atomic E-state index is 6.91. The lowest BCUT2D eigenvalue weighted by Gasteiger charge is -2.21. The number of benzene rings is 8. The maximum atomic E-state index is 6.91. The van der Waals surface area contributed by atoms with Gasteiger partial charge in [0.1, 0.15) is 11.4 Å². The van der Waals surface area contributed by atoms with E-state index < -0.39 is 0 Å². The van der Waals surface area contributed by atoms with Gasteiger partial charge >= 0.3 is 0 Å². The lowest BCUT2D eigenvalue weighted by Crippen LogP contribution is -2.14. The summed E-state index contributed by atoms with van der Waals surface area (Å²) in [6.45, 7) is 4.70. The van der Waals surface area contributed by atoms with Crippen molar-refractivity contribution in [2.45, 2.75) is 19.3 Å². The van der Waals surface area contributed by atoms with E-state index in [1.54, 1.807) is 0 Å². The van der Waals surface area contributed by atoms with Crippen LogP contribution in [0.15, 0.2) is 180 Å². The molecule has 56 heavy (non-hydrogen) atoms. The standard InChI is InChI=1S/C52H35N3O/c1-52(2)41-20-8-6-16-36(41)39-31-47-40(30-42(39)52)37-17-7-10-22-44(37)55(47)46-24-12-19-38-49-35(18-13-25-48(49)56-50(38)46)32-26-28-34(29-27-32)54-45-23-11-9-21-43(45)53-51(54)33-14-4-3-5-15-33/h3-31H,1-2H3. The minimum Gasteiger partial charge on any atom is -0.454 e. The smallest absolute Gasteiger partial charge is 0.159 e. The van der Waals surface area contributed by atoms with E-state index in [0.717, 1.165) is 66.9 Å². The first-order valence-corrected chi connectivity index (χ1v) is 19.3. The van der Waals surface area contributed by atoms with Gasteiger partial charge in [-0.1, -0.05) is 135 Å². The monoisotopic (exact) mass is 717 g/mol. The molecule has 0 fully saturated rings. The SMILES string of the molecule is CC1(C)c2ccccc2-c2cc3c(cc21)c1ccccc1n3-c1cccc2c1oc1cccc(-c3ccc(-n4c(-c5ccccc5)nc5ccccc54)cc3)c12. The Balaban J connectivity index is 1.04. The van der Waals surface area contributed by atoms with Crippen LogP contribution in [0.5, 0.6) is 0 Å². The van der Waals surface area contributed by atoms with Crippen molar-refractivity contribution in [3.8, 4) is 45.0 Å². The molecule has 3 heterocycles. The van der Waals surface area contributed by atoms with Crippen LogP contribution < -0.4 is 0 Å². The topological polar surface area (TPSA) is 35.9 Å². The Labute approximate surface area is 323 Å². The molecule has 0 spiro atoms. The van der Waals surface area contributed by atoms with Gasteiger partial charge < -0.3 is 8.98 Å². The summed E-state index contributed by atoms with van der Waals surface area (Å²) in [5.74, 6) is 0.929. The molecule has 1 aliphatic rings. The van der Waals surface area contributed by atoms with Crippen LogP contribution in [0.3, 0.4) is 0 Å². The number of rotatable bonds is 4. The van der Waals surface area contributed by atoms with Crippen LogP contribution >= 0.6 is 0 Å². The van der Waals surface area contributed by atoms with Gasteiger partial charge in [-0.3, -0.25) is 4.57 Å². The quantitative estimate of drug-likeness (QED) is 0.182. The highest BCUT2D eigenvalue weighted by Crippen LogP contribution is 2.51. The summed E-state index contributed by atoms with van der Waals surface area (Å²) in [6.07, 6.45) is 0. The molecule has 0 unspecified atom stereocenters. The molecule has 0 N–H and O–H groups in total. The van der Waals surface area contributed by atoms with Crippen molar-refractivity contribution in [1.29, 1.82) is 0 Å². The Morgan fingerprint density at radius 1 is 0.482 bits per heavy atom. The van der Waals surface area contributed by atoms with Crippen LogP contribution in [-0.4, -0.2) is 14.1 Å². The number of imidazole rings is 1. The number of aromatic nitrogens is 3. The Kier molecular flexibility index (Phi) is 6.37. The summed E-state index contributed by atoms with van der Waals surface area (Å²) in [5.41, 5.74) is 16.9. The first-order valence-electron chi connectivity index (χ1n) is 19.3. The van der Waals surface area contributed by atoms with E-state index >= 15 is 0 Å². The lowest BCUT2D eigenvalue weighted by atomic mass is 9.82. The number of para-hydroxylation sites is 4. The highest BCUT2D eigenvalue weighted by atomic mass is 16.3. The van der Waals surface area contributed by atoms with Gasteiger partial charge in [0.15, 0.2) is 5.58 Å². The molecule has 3 aromatic heterocycles. The molecule has 8 aromatic carbocycles. The van der Waals surface area contributed by atoms with Crippen molar-refractivity contribution >= 4 is 54.8 Å². The fourth-order valence-corrected chi connectivity index (χ4v) is 9.53. The van der Waals surface area contributed by atoms with Crippen molar-refractivity contribution in [3.05, 3.63) is 187 Å². The number of hydrogen-bond donors (Lipinski definition) is 0. The van der Waals surface area contributed by atoms with Crippen molar-refractivity contribution in [3.63, 3.8) is 0 Å². The van der Waals surface area contributed by atoms with Crippen LogP contribution in [0, 0.1) is 0 Å². The van der Waals surface area contributed by atoms with Gasteiger partial charge in [0.25, 0.3) is 0 Å². The molecule has 0 bridgehead atoms.